The van der Waals surface area contributed by atoms with E-state index in [-0.39, 0.29) is 11.4 Å². The number of hydrogen-bond acceptors (Lipinski definition) is 5. The first-order valence-electron chi connectivity index (χ1n) is 11.3. The first kappa shape index (κ1) is 24.1. The zero-order chi connectivity index (χ0) is 25.1. The molecule has 2 aromatic heterocycles. The van der Waals surface area contributed by atoms with Crippen molar-refractivity contribution in [2.45, 2.75) is 33.2 Å². The van der Waals surface area contributed by atoms with Gasteiger partial charge in [0.2, 0.25) is 0 Å². The quantitative estimate of drug-likeness (QED) is 0.331. The second-order valence-electron chi connectivity index (χ2n) is 8.17. The largest absolute Gasteiger partial charge is 0.496 e. The van der Waals surface area contributed by atoms with E-state index >= 15 is 0 Å². The Labute approximate surface area is 201 Å². The van der Waals surface area contributed by atoms with Crippen LogP contribution in [-0.4, -0.2) is 39.3 Å². The first-order chi connectivity index (χ1) is 16.8. The predicted molar refractivity (Wildman–Crippen MR) is 130 cm³/mol. The molecule has 2 heterocycles. The zero-order valence-corrected chi connectivity index (χ0v) is 19.7. The minimum atomic E-state index is -1.29. The summed E-state index contributed by atoms with van der Waals surface area (Å²) < 4.78 is 36.6. The summed E-state index contributed by atoms with van der Waals surface area (Å²) in [7, 11) is 1.52. The van der Waals surface area contributed by atoms with Crippen LogP contribution in [0.15, 0.2) is 42.7 Å². The maximum atomic E-state index is 14.8. The van der Waals surface area contributed by atoms with Gasteiger partial charge in [0.15, 0.2) is 5.82 Å². The van der Waals surface area contributed by atoms with Gasteiger partial charge in [-0.25, -0.2) is 23.5 Å². The molecule has 35 heavy (non-hydrogen) atoms. The summed E-state index contributed by atoms with van der Waals surface area (Å²) in [5, 5.41) is 13.0. The highest BCUT2D eigenvalue weighted by Crippen LogP contribution is 2.32. The topological polar surface area (TPSA) is 89.3 Å². The molecule has 4 rings (SSSR count). The van der Waals surface area contributed by atoms with E-state index in [1.165, 1.54) is 19.5 Å². The Bertz CT molecular complexity index is 1400. The van der Waals surface area contributed by atoms with Crippen LogP contribution in [0, 0.1) is 18.6 Å². The smallest absolute Gasteiger partial charge is 0.338 e. The molecule has 0 fully saturated rings. The lowest BCUT2D eigenvalue weighted by atomic mass is 9.98. The normalized spacial score (nSPS) is 11.1. The van der Waals surface area contributed by atoms with E-state index in [2.05, 4.69) is 15.3 Å². The van der Waals surface area contributed by atoms with Gasteiger partial charge < -0.3 is 19.7 Å². The minimum Gasteiger partial charge on any atom is -0.496 e. The molecule has 0 unspecified atom stereocenters. The number of nitrogens with one attached hydrogen (secondary N) is 1. The average Bonchev–Trinajstić information content (AvgIpc) is 3.09. The van der Waals surface area contributed by atoms with Crippen LogP contribution in [0.1, 0.15) is 35.0 Å². The number of ether oxygens (including phenoxy) is 1. The summed E-state index contributed by atoms with van der Waals surface area (Å²) in [6.07, 6.45) is 2.48. The van der Waals surface area contributed by atoms with E-state index in [4.69, 9.17) is 4.74 Å². The number of carbonyl (C=O) groups is 1. The molecule has 0 bridgehead atoms. The average molecular weight is 481 g/mol. The fourth-order valence-electron chi connectivity index (χ4n) is 4.33. The van der Waals surface area contributed by atoms with E-state index < -0.39 is 11.8 Å². The van der Waals surface area contributed by atoms with Crippen LogP contribution in [0.3, 0.4) is 0 Å². The first-order valence-corrected chi connectivity index (χ1v) is 11.3. The van der Waals surface area contributed by atoms with Crippen LogP contribution in [0.5, 0.6) is 5.75 Å². The molecule has 4 aromatic rings. The Hall–Kier alpha value is -4.01. The van der Waals surface area contributed by atoms with Crippen LogP contribution in [0.4, 0.5) is 14.6 Å². The van der Waals surface area contributed by atoms with Gasteiger partial charge in [0, 0.05) is 24.7 Å². The number of halogens is 2. The summed E-state index contributed by atoms with van der Waals surface area (Å²) in [6, 6.07) is 9.92. The van der Waals surface area contributed by atoms with Gasteiger partial charge in [-0.3, -0.25) is 0 Å². The number of carboxylic acid groups (broad SMARTS) is 1. The van der Waals surface area contributed by atoms with Crippen LogP contribution >= 0.6 is 0 Å². The molecule has 0 spiro atoms. The highest BCUT2D eigenvalue weighted by Gasteiger charge is 2.19. The summed E-state index contributed by atoms with van der Waals surface area (Å²) in [4.78, 5) is 20.0. The summed E-state index contributed by atoms with van der Waals surface area (Å²) in [6.45, 7) is 4.55. The molecule has 0 aliphatic rings. The predicted octanol–water partition coefficient (Wildman–Crippen LogP) is 5.46. The molecule has 2 aromatic carbocycles. The maximum Gasteiger partial charge on any atom is 0.338 e. The van der Waals surface area contributed by atoms with E-state index in [1.54, 1.807) is 25.1 Å². The molecule has 9 heteroatoms. The lowest BCUT2D eigenvalue weighted by Gasteiger charge is -2.12. The number of aromatic carboxylic acids is 1. The van der Waals surface area contributed by atoms with Gasteiger partial charge in [-0.15, -0.1) is 0 Å². The highest BCUT2D eigenvalue weighted by atomic mass is 19.1. The van der Waals surface area contributed by atoms with Crippen LogP contribution in [-0.2, 0) is 13.0 Å². The molecule has 2 N–H and O–H groups in total. The number of rotatable bonds is 9. The number of aryl methyl sites for hydroxylation is 1. The van der Waals surface area contributed by atoms with Crippen molar-refractivity contribution < 1.29 is 23.4 Å². The third-order valence-corrected chi connectivity index (χ3v) is 5.97. The van der Waals surface area contributed by atoms with Crippen LogP contribution in [0.2, 0.25) is 0 Å². The van der Waals surface area contributed by atoms with Gasteiger partial charge in [-0.1, -0.05) is 19.4 Å². The van der Waals surface area contributed by atoms with Crippen molar-refractivity contribution >= 4 is 22.7 Å². The molecule has 0 aliphatic carbocycles. The molecule has 0 aliphatic heterocycles. The summed E-state index contributed by atoms with van der Waals surface area (Å²) in [5.41, 5.74) is 2.31. The molecule has 182 valence electrons. The van der Waals surface area contributed by atoms with Gasteiger partial charge in [0.1, 0.15) is 23.7 Å². The molecule has 0 amide bonds. The SMILES string of the molecule is CCCc1cc(-c2cc(NCCn3c(C)c(F)c4c(OC)cccc43)ncn2)cc(F)c1C(=O)O. The number of carboxylic acids is 1. The lowest BCUT2D eigenvalue weighted by molar-refractivity contribution is 0.0690. The number of benzene rings is 2. The van der Waals surface area contributed by atoms with E-state index in [0.29, 0.717) is 65.4 Å². The number of methoxy groups -OCH3 is 1. The molecule has 7 nitrogen and oxygen atoms in total. The van der Waals surface area contributed by atoms with Gasteiger partial charge in [-0.2, -0.15) is 0 Å². The van der Waals surface area contributed by atoms with E-state index in [9.17, 15) is 18.7 Å². The zero-order valence-electron chi connectivity index (χ0n) is 19.7. The molecular weight excluding hydrogens is 454 g/mol. The number of anilines is 1. The number of nitrogens with zero attached hydrogens (tertiary/aromatic N) is 3. The van der Waals surface area contributed by atoms with Gasteiger partial charge in [0.25, 0.3) is 0 Å². The van der Waals surface area contributed by atoms with Gasteiger partial charge >= 0.3 is 5.97 Å². The molecule has 0 radical (unpaired) electrons. The monoisotopic (exact) mass is 480 g/mol. The fourth-order valence-corrected chi connectivity index (χ4v) is 4.33. The Morgan fingerprint density at radius 1 is 1.20 bits per heavy atom. The Morgan fingerprint density at radius 2 is 2.00 bits per heavy atom. The Morgan fingerprint density at radius 3 is 2.71 bits per heavy atom. The summed E-state index contributed by atoms with van der Waals surface area (Å²) in [5.74, 6) is -1.39. The highest BCUT2D eigenvalue weighted by molar-refractivity contribution is 5.91. The van der Waals surface area contributed by atoms with Gasteiger partial charge in [-0.05, 0) is 43.2 Å². The maximum absolute atomic E-state index is 14.8. The van der Waals surface area contributed by atoms with Crippen molar-refractivity contribution in [3.05, 3.63) is 71.2 Å². The standard InChI is InChI=1S/C26H26F2N4O3/c1-4-6-16-11-17(12-18(27)23(16)26(33)34)19-13-22(31-14-30-19)29-9-10-32-15(2)25(28)24-20(32)7-5-8-21(24)35-3/h5,7-8,11-14H,4,6,9-10H2,1-3H3,(H,33,34)(H,29,30,31). The minimum absolute atomic E-state index is 0.304. The van der Waals surface area contributed by atoms with Crippen molar-refractivity contribution in [1.29, 1.82) is 0 Å². The molecular formula is C26H26F2N4O3. The van der Waals surface area contributed by atoms with Crippen molar-refractivity contribution in [2.24, 2.45) is 0 Å². The van der Waals surface area contributed by atoms with Crippen LogP contribution in [0.25, 0.3) is 22.2 Å². The Kier molecular flexibility index (Phi) is 6.95. The summed E-state index contributed by atoms with van der Waals surface area (Å²) >= 11 is 0. The van der Waals surface area contributed by atoms with Crippen LogP contribution < -0.4 is 10.1 Å². The van der Waals surface area contributed by atoms with E-state index in [0.717, 1.165) is 5.52 Å². The third kappa shape index (κ3) is 4.66. The van der Waals surface area contributed by atoms with Crippen molar-refractivity contribution in [3.63, 3.8) is 0 Å². The number of hydrogen-bond donors (Lipinski definition) is 2. The second-order valence-corrected chi connectivity index (χ2v) is 8.17. The third-order valence-electron chi connectivity index (χ3n) is 5.97. The number of fused-ring (bicyclic) bond motifs is 1. The van der Waals surface area contributed by atoms with Gasteiger partial charge in [0.05, 0.1) is 35.0 Å². The van der Waals surface area contributed by atoms with Crippen molar-refractivity contribution in [1.82, 2.24) is 14.5 Å². The lowest BCUT2D eigenvalue weighted by Crippen LogP contribution is -2.12. The Balaban J connectivity index is 1.56. The second kappa shape index (κ2) is 10.1. The van der Waals surface area contributed by atoms with E-state index in [1.807, 2.05) is 23.6 Å². The van der Waals surface area contributed by atoms with Crippen molar-refractivity contribution in [3.8, 4) is 17.0 Å². The number of aromatic nitrogens is 3. The molecule has 0 atom stereocenters. The molecule has 0 saturated carbocycles. The fraction of sp³-hybridized carbons (Fsp3) is 0.269. The van der Waals surface area contributed by atoms with Crippen molar-refractivity contribution in [2.75, 3.05) is 19.0 Å². The molecule has 0 saturated heterocycles.